The predicted octanol–water partition coefficient (Wildman–Crippen LogP) is 2.42. The molecular weight excluding hydrogens is 250 g/mol. The van der Waals surface area contributed by atoms with Crippen LogP contribution in [-0.4, -0.2) is 36.4 Å². The Kier molecular flexibility index (Phi) is 3.14. The summed E-state index contributed by atoms with van der Waals surface area (Å²) in [5, 5.41) is 3.35. The molecule has 4 heteroatoms. The summed E-state index contributed by atoms with van der Waals surface area (Å²) in [5.41, 5.74) is 5.24. The number of hydrogen-bond donors (Lipinski definition) is 1. The lowest BCUT2D eigenvalue weighted by Gasteiger charge is -2.11. The third-order valence-electron chi connectivity index (χ3n) is 3.54. The number of rotatable bonds is 2. The van der Waals surface area contributed by atoms with Gasteiger partial charge in [0.1, 0.15) is 0 Å². The van der Waals surface area contributed by atoms with E-state index >= 15 is 0 Å². The average Bonchev–Trinajstić information content (AvgIpc) is 2.93. The third-order valence-corrected chi connectivity index (χ3v) is 3.54. The van der Waals surface area contributed by atoms with E-state index in [2.05, 4.69) is 28.5 Å². The second-order valence-corrected chi connectivity index (χ2v) is 5.21. The van der Waals surface area contributed by atoms with Gasteiger partial charge in [-0.15, -0.1) is 0 Å². The summed E-state index contributed by atoms with van der Waals surface area (Å²) in [6, 6.07) is 8.24. The van der Waals surface area contributed by atoms with Gasteiger partial charge in [0.2, 0.25) is 0 Å². The topological polar surface area (TPSA) is 45.2 Å². The van der Waals surface area contributed by atoms with Crippen LogP contribution >= 0.6 is 0 Å². The molecule has 0 spiro atoms. The first-order valence-electron chi connectivity index (χ1n) is 6.69. The monoisotopic (exact) mass is 267 g/mol. The molecule has 0 saturated carbocycles. The standard InChI is InChI=1S/C16H17N3O/c1-19(2)16(20)14-8-13(9-17-10-14)11-3-4-15-12(7-11)5-6-18-15/h3-4,7-10,18H,5-6H2,1-2H3. The van der Waals surface area contributed by atoms with E-state index in [1.54, 1.807) is 31.4 Å². The van der Waals surface area contributed by atoms with Gasteiger partial charge in [-0.25, -0.2) is 0 Å². The number of aromatic nitrogens is 1. The average molecular weight is 267 g/mol. The highest BCUT2D eigenvalue weighted by molar-refractivity contribution is 5.94. The fourth-order valence-corrected chi connectivity index (χ4v) is 2.46. The van der Waals surface area contributed by atoms with E-state index < -0.39 is 0 Å². The van der Waals surface area contributed by atoms with Crippen LogP contribution in [0.2, 0.25) is 0 Å². The van der Waals surface area contributed by atoms with Gasteiger partial charge in [-0.05, 0) is 35.7 Å². The lowest BCUT2D eigenvalue weighted by molar-refractivity contribution is 0.0827. The Balaban J connectivity index is 1.98. The van der Waals surface area contributed by atoms with Gasteiger partial charge in [-0.2, -0.15) is 0 Å². The molecule has 2 heterocycles. The fraction of sp³-hybridized carbons (Fsp3) is 0.250. The molecule has 0 aliphatic carbocycles. The number of nitrogens with one attached hydrogen (secondary N) is 1. The highest BCUT2D eigenvalue weighted by Gasteiger charge is 2.13. The van der Waals surface area contributed by atoms with E-state index in [4.69, 9.17) is 0 Å². The maximum Gasteiger partial charge on any atom is 0.254 e. The number of carbonyl (C=O) groups is 1. The van der Waals surface area contributed by atoms with Crippen molar-refractivity contribution in [1.29, 1.82) is 0 Å². The summed E-state index contributed by atoms with van der Waals surface area (Å²) in [5.74, 6) is -0.0258. The van der Waals surface area contributed by atoms with Crippen molar-refractivity contribution in [3.63, 3.8) is 0 Å². The first-order chi connectivity index (χ1) is 9.65. The number of nitrogens with zero attached hydrogens (tertiary/aromatic N) is 2. The summed E-state index contributed by atoms with van der Waals surface area (Å²) in [6.45, 7) is 0.996. The number of fused-ring (bicyclic) bond motifs is 1. The van der Waals surface area contributed by atoms with Crippen LogP contribution in [0.3, 0.4) is 0 Å². The Morgan fingerprint density at radius 2 is 2.05 bits per heavy atom. The minimum atomic E-state index is -0.0258. The summed E-state index contributed by atoms with van der Waals surface area (Å²) in [7, 11) is 3.49. The molecule has 1 aliphatic rings. The molecule has 0 atom stereocenters. The first kappa shape index (κ1) is 12.7. The molecule has 0 unspecified atom stereocenters. The van der Waals surface area contributed by atoms with Crippen LogP contribution in [0, 0.1) is 0 Å². The summed E-state index contributed by atoms with van der Waals surface area (Å²) >= 11 is 0. The van der Waals surface area contributed by atoms with Crippen molar-refractivity contribution in [1.82, 2.24) is 9.88 Å². The highest BCUT2D eigenvalue weighted by Crippen LogP contribution is 2.28. The number of benzene rings is 1. The van der Waals surface area contributed by atoms with Crippen LogP contribution < -0.4 is 5.32 Å². The molecule has 0 radical (unpaired) electrons. The van der Waals surface area contributed by atoms with E-state index in [-0.39, 0.29) is 5.91 Å². The van der Waals surface area contributed by atoms with Gasteiger partial charge in [-0.1, -0.05) is 6.07 Å². The minimum Gasteiger partial charge on any atom is -0.384 e. The van der Waals surface area contributed by atoms with Crippen LogP contribution in [0.15, 0.2) is 36.7 Å². The number of carbonyl (C=O) groups excluding carboxylic acids is 1. The van der Waals surface area contributed by atoms with E-state index in [0.717, 1.165) is 24.1 Å². The maximum absolute atomic E-state index is 12.0. The molecule has 0 fully saturated rings. The molecule has 1 aliphatic heterocycles. The van der Waals surface area contributed by atoms with Gasteiger partial charge in [-0.3, -0.25) is 9.78 Å². The van der Waals surface area contributed by atoms with E-state index in [0.29, 0.717) is 5.56 Å². The van der Waals surface area contributed by atoms with Crippen molar-refractivity contribution in [2.45, 2.75) is 6.42 Å². The summed E-state index contributed by atoms with van der Waals surface area (Å²) < 4.78 is 0. The smallest absolute Gasteiger partial charge is 0.254 e. The second kappa shape index (κ2) is 4.96. The summed E-state index contributed by atoms with van der Waals surface area (Å²) in [4.78, 5) is 17.7. The lowest BCUT2D eigenvalue weighted by atomic mass is 10.0. The zero-order valence-corrected chi connectivity index (χ0v) is 11.7. The molecule has 1 N–H and O–H groups in total. The quantitative estimate of drug-likeness (QED) is 0.909. The van der Waals surface area contributed by atoms with Crippen LogP contribution in [-0.2, 0) is 6.42 Å². The molecule has 0 bridgehead atoms. The molecule has 2 aromatic rings. The van der Waals surface area contributed by atoms with Crippen molar-refractivity contribution in [2.75, 3.05) is 26.0 Å². The van der Waals surface area contributed by atoms with E-state index in [1.165, 1.54) is 11.3 Å². The molecule has 1 amide bonds. The Morgan fingerprint density at radius 3 is 2.85 bits per heavy atom. The first-order valence-corrected chi connectivity index (χ1v) is 6.69. The second-order valence-electron chi connectivity index (χ2n) is 5.21. The van der Waals surface area contributed by atoms with Crippen LogP contribution in [0.25, 0.3) is 11.1 Å². The minimum absolute atomic E-state index is 0.0258. The third kappa shape index (κ3) is 2.25. The molecule has 20 heavy (non-hydrogen) atoms. The Bertz CT molecular complexity index is 665. The van der Waals surface area contributed by atoms with Crippen LogP contribution in [0.1, 0.15) is 15.9 Å². The lowest BCUT2D eigenvalue weighted by Crippen LogP contribution is -2.21. The molecule has 0 saturated heterocycles. The zero-order chi connectivity index (χ0) is 14.1. The molecular formula is C16H17N3O. The van der Waals surface area contributed by atoms with Gasteiger partial charge in [0, 0.05) is 44.3 Å². The van der Waals surface area contributed by atoms with Crippen molar-refractivity contribution in [3.8, 4) is 11.1 Å². The van der Waals surface area contributed by atoms with Gasteiger partial charge in [0.25, 0.3) is 5.91 Å². The van der Waals surface area contributed by atoms with Crippen molar-refractivity contribution in [3.05, 3.63) is 47.8 Å². The fourth-order valence-electron chi connectivity index (χ4n) is 2.46. The van der Waals surface area contributed by atoms with Crippen molar-refractivity contribution in [2.24, 2.45) is 0 Å². The largest absolute Gasteiger partial charge is 0.384 e. The van der Waals surface area contributed by atoms with Crippen LogP contribution in [0.5, 0.6) is 0 Å². The van der Waals surface area contributed by atoms with Crippen LogP contribution in [0.4, 0.5) is 5.69 Å². The Morgan fingerprint density at radius 1 is 1.20 bits per heavy atom. The maximum atomic E-state index is 12.0. The molecule has 1 aromatic carbocycles. The number of amides is 1. The van der Waals surface area contributed by atoms with E-state index in [1.807, 2.05) is 6.07 Å². The molecule has 4 nitrogen and oxygen atoms in total. The van der Waals surface area contributed by atoms with Crippen molar-refractivity contribution < 1.29 is 4.79 Å². The van der Waals surface area contributed by atoms with Gasteiger partial charge in [0.05, 0.1) is 5.56 Å². The SMILES string of the molecule is CN(C)C(=O)c1cncc(-c2ccc3c(c2)CCN3)c1. The molecule has 1 aromatic heterocycles. The van der Waals surface area contributed by atoms with Crippen molar-refractivity contribution >= 4 is 11.6 Å². The number of pyridine rings is 1. The van der Waals surface area contributed by atoms with Gasteiger partial charge in [0.15, 0.2) is 0 Å². The van der Waals surface area contributed by atoms with Gasteiger partial charge >= 0.3 is 0 Å². The predicted molar refractivity (Wildman–Crippen MR) is 79.9 cm³/mol. The number of anilines is 1. The molecule has 3 rings (SSSR count). The number of hydrogen-bond acceptors (Lipinski definition) is 3. The van der Waals surface area contributed by atoms with E-state index in [9.17, 15) is 4.79 Å². The normalized spacial score (nSPS) is 12.7. The Labute approximate surface area is 118 Å². The zero-order valence-electron chi connectivity index (χ0n) is 11.7. The summed E-state index contributed by atoms with van der Waals surface area (Å²) in [6.07, 6.45) is 4.46. The highest BCUT2D eigenvalue weighted by atomic mass is 16.2. The van der Waals surface area contributed by atoms with Gasteiger partial charge < -0.3 is 10.2 Å². The molecule has 102 valence electrons. The Hall–Kier alpha value is -2.36.